The molecule has 4 aromatic rings. The summed E-state index contributed by atoms with van der Waals surface area (Å²) in [6.45, 7) is 0.429. The molecule has 0 unspecified atom stereocenters. The Balaban J connectivity index is 1.43. The number of anilines is 2. The van der Waals surface area contributed by atoms with Gasteiger partial charge in [0, 0.05) is 37.2 Å². The third kappa shape index (κ3) is 3.40. The summed E-state index contributed by atoms with van der Waals surface area (Å²) >= 11 is 0. The summed E-state index contributed by atoms with van der Waals surface area (Å²) < 4.78 is 7.33. The van der Waals surface area contributed by atoms with Crippen LogP contribution in [-0.4, -0.2) is 67.1 Å². The van der Waals surface area contributed by atoms with E-state index in [0.717, 1.165) is 35.1 Å². The molecule has 0 amide bonds. The van der Waals surface area contributed by atoms with Crippen molar-refractivity contribution in [3.8, 4) is 11.3 Å². The van der Waals surface area contributed by atoms with E-state index in [4.69, 9.17) is 9.84 Å². The fourth-order valence-corrected chi connectivity index (χ4v) is 3.69. The van der Waals surface area contributed by atoms with E-state index >= 15 is 0 Å². The zero-order chi connectivity index (χ0) is 20.5. The summed E-state index contributed by atoms with van der Waals surface area (Å²) in [5, 5.41) is 20.0. The number of hydrogen-bond acceptors (Lipinski definition) is 9. The number of aliphatic hydroxyl groups is 1. The molecular formula is C20H22N8O2. The molecule has 0 saturated heterocycles. The molecule has 0 spiro atoms. The van der Waals surface area contributed by atoms with Crippen molar-refractivity contribution in [3.63, 3.8) is 0 Å². The maximum absolute atomic E-state index is 8.85. The summed E-state index contributed by atoms with van der Waals surface area (Å²) in [6, 6.07) is 6.07. The molecule has 10 heteroatoms. The van der Waals surface area contributed by atoms with E-state index in [-0.39, 0.29) is 18.8 Å². The first-order chi connectivity index (χ1) is 14.7. The Hall–Kier alpha value is -3.37. The molecule has 0 aromatic carbocycles. The fourth-order valence-electron chi connectivity index (χ4n) is 3.69. The van der Waals surface area contributed by atoms with E-state index in [0.29, 0.717) is 24.0 Å². The zero-order valence-electron chi connectivity index (χ0n) is 16.5. The highest BCUT2D eigenvalue weighted by Gasteiger charge is 2.30. The second-order valence-electron chi connectivity index (χ2n) is 7.18. The molecule has 1 saturated carbocycles. The van der Waals surface area contributed by atoms with Crippen molar-refractivity contribution in [2.24, 2.45) is 0 Å². The first kappa shape index (κ1) is 18.6. The summed E-state index contributed by atoms with van der Waals surface area (Å²) in [4.78, 5) is 17.9. The number of fused-ring (bicyclic) bond motifs is 2. The van der Waals surface area contributed by atoms with E-state index < -0.39 is 0 Å². The van der Waals surface area contributed by atoms with Gasteiger partial charge in [-0.1, -0.05) is 0 Å². The third-order valence-corrected chi connectivity index (χ3v) is 5.23. The molecule has 5 rings (SSSR count). The Morgan fingerprint density at radius 2 is 2.03 bits per heavy atom. The molecule has 1 fully saturated rings. The lowest BCUT2D eigenvalue weighted by Crippen LogP contribution is -2.41. The van der Waals surface area contributed by atoms with Crippen LogP contribution in [0.2, 0.25) is 0 Å². The third-order valence-electron chi connectivity index (χ3n) is 5.23. The van der Waals surface area contributed by atoms with Crippen molar-refractivity contribution < 1.29 is 9.84 Å². The van der Waals surface area contributed by atoms with Gasteiger partial charge in [-0.25, -0.2) is 14.5 Å². The number of aliphatic hydroxyl groups excluding tert-OH is 1. The van der Waals surface area contributed by atoms with Crippen molar-refractivity contribution in [1.29, 1.82) is 0 Å². The van der Waals surface area contributed by atoms with Gasteiger partial charge in [0.2, 0.25) is 5.95 Å². The molecule has 0 radical (unpaired) electrons. The van der Waals surface area contributed by atoms with E-state index in [2.05, 4.69) is 35.7 Å². The summed E-state index contributed by atoms with van der Waals surface area (Å²) in [5.41, 5.74) is 3.90. The maximum atomic E-state index is 8.85. The number of aromatic nitrogens is 6. The molecule has 1 aliphatic rings. The van der Waals surface area contributed by atoms with E-state index in [1.165, 1.54) is 0 Å². The highest BCUT2D eigenvalue weighted by molar-refractivity contribution is 5.89. The van der Waals surface area contributed by atoms with Crippen LogP contribution in [0.15, 0.2) is 36.8 Å². The number of nitrogens with zero attached hydrogens (tertiary/aromatic N) is 6. The molecule has 3 N–H and O–H groups in total. The van der Waals surface area contributed by atoms with Crippen LogP contribution in [0.5, 0.6) is 0 Å². The van der Waals surface area contributed by atoms with Crippen molar-refractivity contribution in [2.75, 3.05) is 30.9 Å². The van der Waals surface area contributed by atoms with Gasteiger partial charge >= 0.3 is 0 Å². The minimum absolute atomic E-state index is 0.0501. The van der Waals surface area contributed by atoms with Crippen LogP contribution >= 0.6 is 0 Å². The monoisotopic (exact) mass is 406 g/mol. The Kier molecular flexibility index (Phi) is 4.85. The van der Waals surface area contributed by atoms with Gasteiger partial charge in [0.05, 0.1) is 25.0 Å². The van der Waals surface area contributed by atoms with Crippen molar-refractivity contribution in [3.05, 3.63) is 36.8 Å². The van der Waals surface area contributed by atoms with E-state index in [9.17, 15) is 0 Å². The minimum Gasteiger partial charge on any atom is -0.394 e. The van der Waals surface area contributed by atoms with E-state index in [1.807, 2.05) is 31.4 Å². The van der Waals surface area contributed by atoms with Crippen molar-refractivity contribution in [1.82, 2.24) is 29.5 Å². The van der Waals surface area contributed by atoms with Gasteiger partial charge in [-0.3, -0.25) is 4.98 Å². The molecule has 4 heterocycles. The number of rotatable bonds is 7. The molecule has 0 atom stereocenters. The quantitative estimate of drug-likeness (QED) is 0.421. The van der Waals surface area contributed by atoms with Crippen LogP contribution in [-0.2, 0) is 4.74 Å². The average Bonchev–Trinajstić information content (AvgIpc) is 3.18. The second-order valence-corrected chi connectivity index (χ2v) is 7.18. The standard InChI is InChI=1S/C20H22N8O2/c1-21-19-17-14(15-2-3-16-18(25-15)23-6-5-22-16)4-7-28(17)27-20(26-19)24-12-10-13(11-12)30-9-8-29/h2-7,12-13,29H,8-11H2,1H3,(H2,21,24,26,27). The van der Waals surface area contributed by atoms with Crippen LogP contribution < -0.4 is 10.6 Å². The molecule has 0 aliphatic heterocycles. The van der Waals surface area contributed by atoms with E-state index in [1.54, 1.807) is 16.9 Å². The van der Waals surface area contributed by atoms with Crippen LogP contribution in [0.4, 0.5) is 11.8 Å². The minimum atomic E-state index is 0.0501. The molecule has 0 bridgehead atoms. The molecule has 1 aliphatic carbocycles. The number of pyridine rings is 1. The van der Waals surface area contributed by atoms with Crippen LogP contribution in [0, 0.1) is 0 Å². The molecule has 154 valence electrons. The normalized spacial score (nSPS) is 18.5. The predicted octanol–water partition coefficient (Wildman–Crippen LogP) is 1.73. The van der Waals surface area contributed by atoms with Gasteiger partial charge in [0.15, 0.2) is 11.5 Å². The predicted molar refractivity (Wildman–Crippen MR) is 112 cm³/mol. The van der Waals surface area contributed by atoms with Gasteiger partial charge in [-0.05, 0) is 31.0 Å². The van der Waals surface area contributed by atoms with Crippen LogP contribution in [0.3, 0.4) is 0 Å². The first-order valence-electron chi connectivity index (χ1n) is 9.89. The zero-order valence-corrected chi connectivity index (χ0v) is 16.5. The number of hydrogen-bond donors (Lipinski definition) is 3. The summed E-state index contributed by atoms with van der Waals surface area (Å²) in [5.74, 6) is 1.26. The lowest BCUT2D eigenvalue weighted by atomic mass is 9.89. The maximum Gasteiger partial charge on any atom is 0.243 e. The number of ether oxygens (including phenoxy) is 1. The number of nitrogens with one attached hydrogen (secondary N) is 2. The Morgan fingerprint density at radius 1 is 1.17 bits per heavy atom. The molecule has 10 nitrogen and oxygen atoms in total. The SMILES string of the molecule is CNc1nc(NC2CC(OCCO)C2)nn2ccc(-c3ccc4nccnc4n3)c12. The van der Waals surface area contributed by atoms with Gasteiger partial charge in [0.1, 0.15) is 11.0 Å². The van der Waals surface area contributed by atoms with Crippen molar-refractivity contribution in [2.45, 2.75) is 25.0 Å². The lowest BCUT2D eigenvalue weighted by Gasteiger charge is -2.35. The topological polar surface area (TPSA) is 122 Å². The lowest BCUT2D eigenvalue weighted by molar-refractivity contribution is -0.0196. The van der Waals surface area contributed by atoms with Crippen LogP contribution in [0.25, 0.3) is 27.9 Å². The molecule has 30 heavy (non-hydrogen) atoms. The van der Waals surface area contributed by atoms with Gasteiger partial charge in [-0.15, -0.1) is 5.10 Å². The summed E-state index contributed by atoms with van der Waals surface area (Å²) in [7, 11) is 1.84. The smallest absolute Gasteiger partial charge is 0.243 e. The second kappa shape index (κ2) is 7.81. The Bertz CT molecular complexity index is 1190. The average molecular weight is 406 g/mol. The molecular weight excluding hydrogens is 384 g/mol. The summed E-state index contributed by atoms with van der Waals surface area (Å²) in [6.07, 6.45) is 7.11. The highest BCUT2D eigenvalue weighted by Crippen LogP contribution is 2.31. The van der Waals surface area contributed by atoms with Gasteiger partial charge in [-0.2, -0.15) is 4.98 Å². The van der Waals surface area contributed by atoms with Crippen LogP contribution in [0.1, 0.15) is 12.8 Å². The fraction of sp³-hybridized carbons (Fsp3) is 0.350. The molecule has 4 aromatic heterocycles. The Morgan fingerprint density at radius 3 is 2.87 bits per heavy atom. The first-order valence-corrected chi connectivity index (χ1v) is 9.89. The van der Waals surface area contributed by atoms with Gasteiger partial charge < -0.3 is 20.5 Å². The van der Waals surface area contributed by atoms with Gasteiger partial charge in [0.25, 0.3) is 0 Å². The van der Waals surface area contributed by atoms with Crippen molar-refractivity contribution >= 4 is 28.4 Å². The largest absolute Gasteiger partial charge is 0.394 e. The Labute approximate surface area is 172 Å². The highest BCUT2D eigenvalue weighted by atomic mass is 16.5.